The van der Waals surface area contributed by atoms with Crippen molar-refractivity contribution in [3.63, 3.8) is 0 Å². The number of unbranched alkanes of at least 4 members (excludes halogenated alkanes) is 50. The van der Waals surface area contributed by atoms with Crippen LogP contribution in [0.4, 0.5) is 0 Å². The van der Waals surface area contributed by atoms with E-state index in [1.807, 2.05) is 21.1 Å². The van der Waals surface area contributed by atoms with Gasteiger partial charge in [-0.2, -0.15) is 0 Å². The molecule has 0 aliphatic rings. The Bertz CT molecular complexity index is 1240. The van der Waals surface area contributed by atoms with Crippen LogP contribution in [0.25, 0.3) is 0 Å². The second-order valence-electron chi connectivity index (χ2n) is 24.6. The third-order valence-corrected chi connectivity index (χ3v) is 16.6. The van der Waals surface area contributed by atoms with Crippen molar-refractivity contribution in [2.75, 3.05) is 47.5 Å². The van der Waals surface area contributed by atoms with Crippen LogP contribution in [-0.2, 0) is 32.7 Å². The molecule has 0 radical (unpaired) electrons. The smallest absolute Gasteiger partial charge is 0.306 e. The Morgan fingerprint density at radius 2 is 0.592 bits per heavy atom. The molecule has 0 aliphatic carbocycles. The van der Waals surface area contributed by atoms with Gasteiger partial charge in [-0.3, -0.25) is 14.2 Å². The molecule has 0 amide bonds. The van der Waals surface area contributed by atoms with Gasteiger partial charge >= 0.3 is 11.9 Å². The molecule has 9 nitrogen and oxygen atoms in total. The van der Waals surface area contributed by atoms with Crippen LogP contribution in [0.3, 0.4) is 0 Å². The van der Waals surface area contributed by atoms with Crippen LogP contribution in [0, 0.1) is 0 Å². The molecule has 0 aromatic carbocycles. The summed E-state index contributed by atoms with van der Waals surface area (Å²) in [5.74, 6) is -0.804. The van der Waals surface area contributed by atoms with Crippen molar-refractivity contribution >= 4 is 19.8 Å². The Morgan fingerprint density at radius 1 is 0.355 bits per heavy atom. The van der Waals surface area contributed by atoms with Crippen molar-refractivity contribution in [1.29, 1.82) is 0 Å². The van der Waals surface area contributed by atoms with Crippen LogP contribution < -0.4 is 4.89 Å². The summed E-state index contributed by atoms with van der Waals surface area (Å²) in [6, 6.07) is 0. The van der Waals surface area contributed by atoms with Crippen LogP contribution in [0.1, 0.15) is 361 Å². The maximum Gasteiger partial charge on any atom is 0.306 e. The predicted molar refractivity (Wildman–Crippen MR) is 324 cm³/mol. The molecule has 0 saturated heterocycles. The predicted octanol–water partition coefficient (Wildman–Crippen LogP) is 20.8. The van der Waals surface area contributed by atoms with E-state index in [0.717, 1.165) is 32.1 Å². The van der Waals surface area contributed by atoms with E-state index >= 15 is 0 Å². The number of carbonyl (C=O) groups is 2. The number of phosphoric ester groups is 1. The minimum atomic E-state index is -4.63. The lowest BCUT2D eigenvalue weighted by atomic mass is 10.0. The lowest BCUT2D eigenvalue weighted by Gasteiger charge is -2.28. The first-order valence-electron chi connectivity index (χ1n) is 33.7. The Morgan fingerprint density at radius 3 is 0.842 bits per heavy atom. The van der Waals surface area contributed by atoms with Crippen molar-refractivity contribution in [2.24, 2.45) is 0 Å². The first-order chi connectivity index (χ1) is 37.0. The van der Waals surface area contributed by atoms with Crippen LogP contribution in [0.2, 0.25) is 0 Å². The van der Waals surface area contributed by atoms with E-state index in [2.05, 4.69) is 13.8 Å². The molecule has 2 atom stereocenters. The molecule has 1 unspecified atom stereocenters. The summed E-state index contributed by atoms with van der Waals surface area (Å²) in [5.41, 5.74) is 0. The van der Waals surface area contributed by atoms with Gasteiger partial charge in [-0.15, -0.1) is 0 Å². The van der Waals surface area contributed by atoms with Crippen LogP contribution >= 0.6 is 7.82 Å². The van der Waals surface area contributed by atoms with Gasteiger partial charge in [0.25, 0.3) is 7.82 Å². The molecule has 10 heteroatoms. The van der Waals surface area contributed by atoms with Crippen molar-refractivity contribution in [2.45, 2.75) is 367 Å². The van der Waals surface area contributed by atoms with E-state index in [9.17, 15) is 19.0 Å². The number of quaternary nitrogens is 1. The van der Waals surface area contributed by atoms with E-state index < -0.39 is 26.5 Å². The fourth-order valence-electron chi connectivity index (χ4n) is 10.4. The highest BCUT2D eigenvalue weighted by atomic mass is 31.2. The highest BCUT2D eigenvalue weighted by Crippen LogP contribution is 2.38. The molecule has 0 saturated carbocycles. The summed E-state index contributed by atoms with van der Waals surface area (Å²) in [4.78, 5) is 38.0. The van der Waals surface area contributed by atoms with Crippen LogP contribution in [0.15, 0.2) is 0 Å². The zero-order valence-corrected chi connectivity index (χ0v) is 52.6. The quantitative estimate of drug-likeness (QED) is 0.0256. The average Bonchev–Trinajstić information content (AvgIpc) is 3.38. The summed E-state index contributed by atoms with van der Waals surface area (Å²) in [5, 5.41) is 0. The molecule has 0 spiro atoms. The molecule has 0 N–H and O–H groups in total. The fraction of sp³-hybridized carbons (Fsp3) is 0.970. The highest BCUT2D eigenvalue weighted by molar-refractivity contribution is 7.45. The maximum atomic E-state index is 12.8. The number of esters is 2. The van der Waals surface area contributed by atoms with Gasteiger partial charge in [0.05, 0.1) is 27.7 Å². The van der Waals surface area contributed by atoms with Crippen molar-refractivity contribution in [3.05, 3.63) is 0 Å². The van der Waals surface area contributed by atoms with Crippen LogP contribution in [-0.4, -0.2) is 70.0 Å². The van der Waals surface area contributed by atoms with Crippen molar-refractivity contribution in [3.8, 4) is 0 Å². The van der Waals surface area contributed by atoms with E-state index in [1.165, 1.54) is 295 Å². The first kappa shape index (κ1) is 75.0. The van der Waals surface area contributed by atoms with Gasteiger partial charge in [0.2, 0.25) is 0 Å². The van der Waals surface area contributed by atoms with Gasteiger partial charge in [-0.25, -0.2) is 0 Å². The SMILES string of the molecule is CCCCCCCCCCCCCCCCCCCCCCCCCCCCC(=O)OC[C@H](COP(=O)([O-])OCC[N+](C)(C)C)OC(=O)CCCCCCCCCCCCCCCCCCCCCCCCCCCC. The minimum absolute atomic E-state index is 0.0248. The lowest BCUT2D eigenvalue weighted by molar-refractivity contribution is -0.870. The third kappa shape index (κ3) is 62.2. The number of nitrogens with zero attached hydrogens (tertiary/aromatic N) is 1. The second kappa shape index (κ2) is 58.7. The summed E-state index contributed by atoms with van der Waals surface area (Å²) in [7, 11) is 1.20. The van der Waals surface area contributed by atoms with Gasteiger partial charge in [-0.05, 0) is 12.8 Å². The topological polar surface area (TPSA) is 111 Å². The Kier molecular flexibility index (Phi) is 57.9. The Balaban J connectivity index is 4.00. The largest absolute Gasteiger partial charge is 0.756 e. The van der Waals surface area contributed by atoms with E-state index in [1.54, 1.807) is 0 Å². The fourth-order valence-corrected chi connectivity index (χ4v) is 11.2. The monoisotopic (exact) mass is 1100 g/mol. The molecule has 0 heterocycles. The van der Waals surface area contributed by atoms with Gasteiger partial charge < -0.3 is 27.9 Å². The number of rotatable bonds is 64. The Hall–Kier alpha value is -0.990. The standard InChI is InChI=1S/C66H132NO8P/c1-6-8-10-12-14-16-18-20-22-24-26-28-30-32-34-36-38-40-42-44-46-48-50-52-54-56-58-65(68)72-62-64(63-74-76(70,71)73-61-60-67(3,4)5)75-66(69)59-57-55-53-51-49-47-45-43-41-39-37-35-33-31-29-27-25-23-21-19-17-15-13-11-9-7-2/h64H,6-63H2,1-5H3/t64-/m1/s1. The average molecular weight is 1100 g/mol. The summed E-state index contributed by atoms with van der Waals surface area (Å²) >= 11 is 0. The zero-order valence-electron chi connectivity index (χ0n) is 51.7. The highest BCUT2D eigenvalue weighted by Gasteiger charge is 2.22. The zero-order chi connectivity index (χ0) is 55.6. The molecule has 0 aromatic heterocycles. The number of phosphoric acid groups is 1. The van der Waals surface area contributed by atoms with Crippen molar-refractivity contribution < 1.29 is 42.1 Å². The normalized spacial score (nSPS) is 13.1. The number of hydrogen-bond donors (Lipinski definition) is 0. The molecule has 0 bridgehead atoms. The molecule has 454 valence electrons. The number of hydrogen-bond acceptors (Lipinski definition) is 8. The number of carbonyl (C=O) groups excluding carboxylic acids is 2. The first-order valence-corrected chi connectivity index (χ1v) is 35.2. The van der Waals surface area contributed by atoms with E-state index in [0.29, 0.717) is 17.4 Å². The number of likely N-dealkylation sites (N-methyl/N-ethyl adjacent to an activating group) is 1. The van der Waals surface area contributed by atoms with Crippen molar-refractivity contribution in [1.82, 2.24) is 0 Å². The van der Waals surface area contributed by atoms with E-state index in [-0.39, 0.29) is 32.0 Å². The molecule has 0 fully saturated rings. The molecule has 0 aromatic rings. The molecule has 0 rings (SSSR count). The Labute approximate surface area is 474 Å². The van der Waals surface area contributed by atoms with Gasteiger partial charge in [-0.1, -0.05) is 335 Å². The third-order valence-electron chi connectivity index (χ3n) is 15.6. The van der Waals surface area contributed by atoms with E-state index in [4.69, 9.17) is 18.5 Å². The lowest BCUT2D eigenvalue weighted by Crippen LogP contribution is -2.37. The summed E-state index contributed by atoms with van der Waals surface area (Å²) < 4.78 is 34.3. The number of ether oxygens (including phenoxy) is 2. The molecule has 76 heavy (non-hydrogen) atoms. The molecular weight excluding hydrogens is 966 g/mol. The van der Waals surface area contributed by atoms with Gasteiger partial charge in [0, 0.05) is 12.8 Å². The van der Waals surface area contributed by atoms with Gasteiger partial charge in [0.15, 0.2) is 6.10 Å². The second-order valence-corrected chi connectivity index (χ2v) is 26.0. The van der Waals surface area contributed by atoms with Gasteiger partial charge in [0.1, 0.15) is 19.8 Å². The maximum absolute atomic E-state index is 12.8. The summed E-state index contributed by atoms with van der Waals surface area (Å²) in [6.07, 6.45) is 68.9. The van der Waals surface area contributed by atoms with Crippen LogP contribution in [0.5, 0.6) is 0 Å². The minimum Gasteiger partial charge on any atom is -0.756 e. The molecular formula is C66H132NO8P. The molecule has 0 aliphatic heterocycles. The summed E-state index contributed by atoms with van der Waals surface area (Å²) in [6.45, 7) is 4.33.